The van der Waals surface area contributed by atoms with E-state index in [1.54, 1.807) is 6.07 Å². The van der Waals surface area contributed by atoms with Gasteiger partial charge in [0.15, 0.2) is 5.76 Å². The van der Waals surface area contributed by atoms with Gasteiger partial charge in [-0.25, -0.2) is 14.4 Å². The van der Waals surface area contributed by atoms with Crippen molar-refractivity contribution >= 4 is 0 Å². The highest BCUT2D eigenvalue weighted by Gasteiger charge is 2.23. The van der Waals surface area contributed by atoms with Crippen LogP contribution in [0, 0.1) is 5.82 Å². The lowest BCUT2D eigenvalue weighted by atomic mass is 9.88. The zero-order valence-corrected chi connectivity index (χ0v) is 16.5. The summed E-state index contributed by atoms with van der Waals surface area (Å²) in [6.45, 7) is 2.42. The average Bonchev–Trinajstić information content (AvgIpc) is 3.22. The molecule has 1 saturated carbocycles. The van der Waals surface area contributed by atoms with Crippen LogP contribution in [0.4, 0.5) is 4.39 Å². The van der Waals surface area contributed by atoms with Crippen LogP contribution in [0.3, 0.4) is 0 Å². The molecule has 0 unspecified atom stereocenters. The third-order valence-electron chi connectivity index (χ3n) is 6.06. The average molecular weight is 392 g/mol. The van der Waals surface area contributed by atoms with Crippen molar-refractivity contribution in [1.29, 1.82) is 0 Å². The van der Waals surface area contributed by atoms with E-state index in [9.17, 15) is 4.39 Å². The van der Waals surface area contributed by atoms with E-state index in [4.69, 9.17) is 14.5 Å². The summed E-state index contributed by atoms with van der Waals surface area (Å²) in [6.07, 6.45) is 9.36. The molecular weight excluding hydrogens is 367 g/mol. The Morgan fingerprint density at radius 3 is 2.90 bits per heavy atom. The zero-order valence-electron chi connectivity index (χ0n) is 16.5. The Balaban J connectivity index is 1.26. The van der Waals surface area contributed by atoms with Gasteiger partial charge in [-0.3, -0.25) is 4.90 Å². The zero-order chi connectivity index (χ0) is 19.6. The highest BCUT2D eigenvalue weighted by Crippen LogP contribution is 2.31. The molecule has 29 heavy (non-hydrogen) atoms. The van der Waals surface area contributed by atoms with Crippen LogP contribution >= 0.6 is 0 Å². The Kier molecular flexibility index (Phi) is 5.10. The molecule has 3 heterocycles. The van der Waals surface area contributed by atoms with E-state index in [1.165, 1.54) is 55.5 Å². The molecule has 2 aromatic heterocycles. The van der Waals surface area contributed by atoms with Gasteiger partial charge in [0.2, 0.25) is 0 Å². The number of nitrogens with zero attached hydrogens (tertiary/aromatic N) is 4. The number of aromatic nitrogens is 3. The molecule has 1 aliphatic heterocycles. The van der Waals surface area contributed by atoms with Crippen molar-refractivity contribution in [3.8, 4) is 11.3 Å². The molecule has 3 aromatic rings. The minimum Gasteiger partial charge on any atom is -0.359 e. The van der Waals surface area contributed by atoms with Crippen molar-refractivity contribution < 1.29 is 8.91 Å². The van der Waals surface area contributed by atoms with E-state index >= 15 is 0 Å². The normalized spacial score (nSPS) is 18.0. The molecule has 1 aromatic carbocycles. The predicted molar refractivity (Wildman–Crippen MR) is 108 cm³/mol. The molecule has 1 fully saturated rings. The molecule has 0 N–H and O–H groups in total. The number of halogens is 1. The second-order valence-electron chi connectivity index (χ2n) is 8.18. The van der Waals surface area contributed by atoms with E-state index in [0.29, 0.717) is 18.2 Å². The van der Waals surface area contributed by atoms with Crippen molar-refractivity contribution in [2.45, 2.75) is 57.5 Å². The lowest BCUT2D eigenvalue weighted by Crippen LogP contribution is -2.31. The van der Waals surface area contributed by atoms with Crippen LogP contribution in [-0.4, -0.2) is 26.6 Å². The summed E-state index contributed by atoms with van der Waals surface area (Å²) in [5.41, 5.74) is 3.81. The fraction of sp³-hybridized carbons (Fsp3) is 0.435. The van der Waals surface area contributed by atoms with Crippen LogP contribution < -0.4 is 0 Å². The van der Waals surface area contributed by atoms with Crippen molar-refractivity contribution in [1.82, 2.24) is 20.0 Å². The first-order chi connectivity index (χ1) is 14.2. The highest BCUT2D eigenvalue weighted by molar-refractivity contribution is 5.58. The maximum atomic E-state index is 13.4. The monoisotopic (exact) mass is 392 g/mol. The van der Waals surface area contributed by atoms with Gasteiger partial charge in [0, 0.05) is 54.5 Å². The Morgan fingerprint density at radius 2 is 2.03 bits per heavy atom. The van der Waals surface area contributed by atoms with Gasteiger partial charge in [0.05, 0.1) is 6.54 Å². The minimum atomic E-state index is -0.271. The molecule has 5 rings (SSSR count). The van der Waals surface area contributed by atoms with Crippen LogP contribution in [0.1, 0.15) is 60.9 Å². The SMILES string of the molecule is Fc1cccc(-c2cc(CN3CCc4nc(C5CCCCC5)ncc4C3)on2)c1. The fourth-order valence-corrected chi connectivity index (χ4v) is 4.47. The maximum Gasteiger partial charge on any atom is 0.151 e. The van der Waals surface area contributed by atoms with Crippen LogP contribution in [0.15, 0.2) is 41.1 Å². The molecule has 6 heteroatoms. The second-order valence-corrected chi connectivity index (χ2v) is 8.18. The number of rotatable bonds is 4. The standard InChI is InChI=1S/C23H25FN4O/c24-19-8-4-7-17(11-19)22-12-20(29-27-22)15-28-10-9-21-18(14-28)13-25-23(26-21)16-5-2-1-3-6-16/h4,7-8,11-13,16H,1-3,5-6,9-10,14-15H2. The first kappa shape index (κ1) is 18.4. The number of hydrogen-bond donors (Lipinski definition) is 0. The van der Waals surface area contributed by atoms with Gasteiger partial charge in [-0.05, 0) is 25.0 Å². The van der Waals surface area contributed by atoms with E-state index in [-0.39, 0.29) is 5.82 Å². The van der Waals surface area contributed by atoms with Crippen molar-refractivity contribution in [2.24, 2.45) is 0 Å². The van der Waals surface area contributed by atoms with E-state index in [0.717, 1.165) is 36.7 Å². The summed E-state index contributed by atoms with van der Waals surface area (Å²) < 4.78 is 18.9. The number of fused-ring (bicyclic) bond motifs is 1. The van der Waals surface area contributed by atoms with Crippen molar-refractivity contribution in [2.75, 3.05) is 6.54 Å². The number of benzene rings is 1. The van der Waals surface area contributed by atoms with E-state index < -0.39 is 0 Å². The Morgan fingerprint density at radius 1 is 1.14 bits per heavy atom. The van der Waals surface area contributed by atoms with E-state index in [2.05, 4.69) is 10.1 Å². The smallest absolute Gasteiger partial charge is 0.151 e. The summed E-state index contributed by atoms with van der Waals surface area (Å²) in [5.74, 6) is 2.11. The summed E-state index contributed by atoms with van der Waals surface area (Å²) in [7, 11) is 0. The second kappa shape index (κ2) is 8.03. The van der Waals surface area contributed by atoms with Gasteiger partial charge in [-0.1, -0.05) is 36.6 Å². The quantitative estimate of drug-likeness (QED) is 0.634. The summed E-state index contributed by atoms with van der Waals surface area (Å²) >= 11 is 0. The molecule has 150 valence electrons. The third-order valence-corrected chi connectivity index (χ3v) is 6.06. The van der Waals surface area contributed by atoms with Crippen LogP contribution in [0.2, 0.25) is 0 Å². The molecule has 1 aliphatic carbocycles. The van der Waals surface area contributed by atoms with Gasteiger partial charge in [0.1, 0.15) is 17.3 Å². The Hall–Kier alpha value is -2.60. The van der Waals surface area contributed by atoms with Gasteiger partial charge in [-0.2, -0.15) is 0 Å². The molecule has 0 radical (unpaired) electrons. The summed E-state index contributed by atoms with van der Waals surface area (Å²) in [5, 5.41) is 4.11. The van der Waals surface area contributed by atoms with Gasteiger partial charge < -0.3 is 4.52 Å². The van der Waals surface area contributed by atoms with Crippen molar-refractivity contribution in [3.05, 3.63) is 65.2 Å². The first-order valence-corrected chi connectivity index (χ1v) is 10.5. The van der Waals surface area contributed by atoms with E-state index in [1.807, 2.05) is 18.3 Å². The molecular formula is C23H25FN4O. The topological polar surface area (TPSA) is 55.1 Å². The molecule has 0 saturated heterocycles. The lowest BCUT2D eigenvalue weighted by Gasteiger charge is -2.28. The summed E-state index contributed by atoms with van der Waals surface area (Å²) in [4.78, 5) is 11.9. The summed E-state index contributed by atoms with van der Waals surface area (Å²) in [6, 6.07) is 8.32. The predicted octanol–water partition coefficient (Wildman–Crippen LogP) is 4.88. The highest BCUT2D eigenvalue weighted by atomic mass is 19.1. The van der Waals surface area contributed by atoms with Gasteiger partial charge in [0.25, 0.3) is 0 Å². The van der Waals surface area contributed by atoms with Crippen LogP contribution in [0.5, 0.6) is 0 Å². The third kappa shape index (κ3) is 4.08. The minimum absolute atomic E-state index is 0.271. The van der Waals surface area contributed by atoms with Crippen LogP contribution in [-0.2, 0) is 19.5 Å². The molecule has 0 atom stereocenters. The fourth-order valence-electron chi connectivity index (χ4n) is 4.47. The molecule has 5 nitrogen and oxygen atoms in total. The number of hydrogen-bond acceptors (Lipinski definition) is 5. The Labute approximate surface area is 170 Å². The molecule has 0 bridgehead atoms. The lowest BCUT2D eigenvalue weighted by molar-refractivity contribution is 0.212. The van der Waals surface area contributed by atoms with Gasteiger partial charge >= 0.3 is 0 Å². The maximum absolute atomic E-state index is 13.4. The molecule has 2 aliphatic rings. The largest absolute Gasteiger partial charge is 0.359 e. The molecule has 0 amide bonds. The van der Waals surface area contributed by atoms with Gasteiger partial charge in [-0.15, -0.1) is 0 Å². The molecule has 0 spiro atoms. The first-order valence-electron chi connectivity index (χ1n) is 10.5. The van der Waals surface area contributed by atoms with Crippen LogP contribution in [0.25, 0.3) is 11.3 Å². The Bertz CT molecular complexity index is 996. The van der Waals surface area contributed by atoms with Crippen molar-refractivity contribution in [3.63, 3.8) is 0 Å².